The van der Waals surface area contributed by atoms with E-state index in [4.69, 9.17) is 0 Å². The number of aryl methyl sites for hydroxylation is 1. The Morgan fingerprint density at radius 1 is 1.27 bits per heavy atom. The van der Waals surface area contributed by atoms with Crippen molar-refractivity contribution in [2.24, 2.45) is 10.9 Å². The van der Waals surface area contributed by atoms with Crippen molar-refractivity contribution in [3.63, 3.8) is 0 Å². The average molecular weight is 494 g/mol. The number of rotatable bonds is 8. The SMILES string of the molecule is CN=C(NCCCc1nnc(SC)n1CC(C)C)NC1CCCCC1.I. The summed E-state index contributed by atoms with van der Waals surface area (Å²) in [4.78, 5) is 4.36. The third-order valence-corrected chi connectivity index (χ3v) is 5.23. The molecule has 0 saturated heterocycles. The van der Waals surface area contributed by atoms with Crippen LogP contribution in [0.2, 0.25) is 0 Å². The van der Waals surface area contributed by atoms with E-state index in [0.717, 1.165) is 42.9 Å². The van der Waals surface area contributed by atoms with Gasteiger partial charge in [0.2, 0.25) is 0 Å². The minimum atomic E-state index is 0. The van der Waals surface area contributed by atoms with E-state index in [1.54, 1.807) is 11.8 Å². The third-order valence-electron chi connectivity index (χ3n) is 4.56. The third kappa shape index (κ3) is 7.62. The van der Waals surface area contributed by atoms with Crippen LogP contribution in [-0.2, 0) is 13.0 Å². The number of nitrogens with zero attached hydrogens (tertiary/aromatic N) is 4. The highest BCUT2D eigenvalue weighted by atomic mass is 127. The molecule has 1 fully saturated rings. The van der Waals surface area contributed by atoms with Gasteiger partial charge in [0.25, 0.3) is 0 Å². The molecule has 0 spiro atoms. The first-order valence-electron chi connectivity index (χ1n) is 9.57. The maximum atomic E-state index is 4.39. The molecular weight excluding hydrogens is 459 g/mol. The van der Waals surface area contributed by atoms with Crippen LogP contribution in [0.1, 0.15) is 58.2 Å². The van der Waals surface area contributed by atoms with Crippen molar-refractivity contribution < 1.29 is 0 Å². The van der Waals surface area contributed by atoms with Crippen molar-refractivity contribution in [3.05, 3.63) is 5.82 Å². The Balaban J connectivity index is 0.00000338. The van der Waals surface area contributed by atoms with E-state index in [1.165, 1.54) is 32.1 Å². The molecule has 0 unspecified atom stereocenters. The molecule has 0 aromatic carbocycles. The number of nitrogens with one attached hydrogen (secondary N) is 2. The molecule has 1 aromatic rings. The van der Waals surface area contributed by atoms with Crippen LogP contribution in [0, 0.1) is 5.92 Å². The first-order chi connectivity index (χ1) is 12.1. The number of guanidine groups is 1. The molecule has 1 heterocycles. The van der Waals surface area contributed by atoms with E-state index < -0.39 is 0 Å². The van der Waals surface area contributed by atoms with Gasteiger partial charge in [-0.25, -0.2) is 0 Å². The first-order valence-corrected chi connectivity index (χ1v) is 10.8. The zero-order valence-corrected chi connectivity index (χ0v) is 19.8. The minimum Gasteiger partial charge on any atom is -0.356 e. The monoisotopic (exact) mass is 494 g/mol. The van der Waals surface area contributed by atoms with Crippen molar-refractivity contribution >= 4 is 41.7 Å². The van der Waals surface area contributed by atoms with Gasteiger partial charge >= 0.3 is 0 Å². The predicted molar refractivity (Wildman–Crippen MR) is 122 cm³/mol. The van der Waals surface area contributed by atoms with Gasteiger partial charge in [-0.2, -0.15) is 0 Å². The van der Waals surface area contributed by atoms with Gasteiger partial charge in [-0.1, -0.05) is 44.9 Å². The summed E-state index contributed by atoms with van der Waals surface area (Å²) in [5.41, 5.74) is 0. The Labute approximate surface area is 179 Å². The molecule has 0 amide bonds. The lowest BCUT2D eigenvalue weighted by Crippen LogP contribution is -2.44. The van der Waals surface area contributed by atoms with Gasteiger partial charge in [0.15, 0.2) is 11.1 Å². The van der Waals surface area contributed by atoms with Crippen LogP contribution in [0.4, 0.5) is 0 Å². The molecule has 1 saturated carbocycles. The molecule has 1 aliphatic rings. The molecule has 1 aliphatic carbocycles. The summed E-state index contributed by atoms with van der Waals surface area (Å²) in [5.74, 6) is 2.62. The molecule has 2 rings (SSSR count). The van der Waals surface area contributed by atoms with Crippen molar-refractivity contribution in [1.82, 2.24) is 25.4 Å². The molecule has 150 valence electrons. The molecule has 26 heavy (non-hydrogen) atoms. The van der Waals surface area contributed by atoms with Gasteiger partial charge < -0.3 is 15.2 Å². The smallest absolute Gasteiger partial charge is 0.191 e. The van der Waals surface area contributed by atoms with Crippen LogP contribution in [0.25, 0.3) is 0 Å². The van der Waals surface area contributed by atoms with Crippen molar-refractivity contribution in [3.8, 4) is 0 Å². The second-order valence-corrected chi connectivity index (χ2v) is 7.96. The maximum Gasteiger partial charge on any atom is 0.191 e. The fourth-order valence-corrected chi connectivity index (χ4v) is 3.81. The maximum absolute atomic E-state index is 4.39. The Hall–Kier alpha value is -0.510. The van der Waals surface area contributed by atoms with Gasteiger partial charge in [0.1, 0.15) is 5.82 Å². The molecule has 0 radical (unpaired) electrons. The molecule has 8 heteroatoms. The average Bonchev–Trinajstić information content (AvgIpc) is 2.99. The quantitative estimate of drug-likeness (QED) is 0.190. The molecule has 6 nitrogen and oxygen atoms in total. The van der Waals surface area contributed by atoms with Crippen LogP contribution in [0.5, 0.6) is 0 Å². The van der Waals surface area contributed by atoms with E-state index in [1.807, 2.05) is 7.05 Å². The predicted octanol–water partition coefficient (Wildman–Crippen LogP) is 3.70. The largest absolute Gasteiger partial charge is 0.356 e. The highest BCUT2D eigenvalue weighted by Gasteiger charge is 2.15. The van der Waals surface area contributed by atoms with Gasteiger partial charge in [-0.3, -0.25) is 4.99 Å². The van der Waals surface area contributed by atoms with Crippen molar-refractivity contribution in [1.29, 1.82) is 0 Å². The van der Waals surface area contributed by atoms with E-state index in [9.17, 15) is 0 Å². The van der Waals surface area contributed by atoms with E-state index in [-0.39, 0.29) is 24.0 Å². The van der Waals surface area contributed by atoms with E-state index in [0.29, 0.717) is 12.0 Å². The lowest BCUT2D eigenvalue weighted by Gasteiger charge is -2.24. The standard InChI is InChI=1S/C18H34N6S.HI/c1-14(2)13-24-16(22-23-18(24)25-4)11-8-12-20-17(19-3)21-15-9-6-5-7-10-15;/h14-15H,5-13H2,1-4H3,(H2,19,20,21);1H. The lowest BCUT2D eigenvalue weighted by atomic mass is 9.96. The Morgan fingerprint density at radius 3 is 2.62 bits per heavy atom. The van der Waals surface area contributed by atoms with E-state index >= 15 is 0 Å². The number of aromatic nitrogens is 3. The molecular formula is C18H35IN6S. The molecule has 0 atom stereocenters. The topological polar surface area (TPSA) is 67.1 Å². The Morgan fingerprint density at radius 2 is 2.00 bits per heavy atom. The summed E-state index contributed by atoms with van der Waals surface area (Å²) in [6.07, 6.45) is 10.6. The van der Waals surface area contributed by atoms with Crippen LogP contribution < -0.4 is 10.6 Å². The van der Waals surface area contributed by atoms with Crippen LogP contribution in [-0.4, -0.2) is 46.6 Å². The Bertz CT molecular complexity index is 540. The normalized spacial score (nSPS) is 15.8. The number of hydrogen-bond donors (Lipinski definition) is 2. The fraction of sp³-hybridized carbons (Fsp3) is 0.833. The van der Waals surface area contributed by atoms with Gasteiger partial charge in [-0.15, -0.1) is 34.2 Å². The second kappa shape index (κ2) is 12.8. The number of thioether (sulfide) groups is 1. The molecule has 0 bridgehead atoms. The summed E-state index contributed by atoms with van der Waals surface area (Å²) in [7, 11) is 1.85. The summed E-state index contributed by atoms with van der Waals surface area (Å²) in [6, 6.07) is 0.582. The highest BCUT2D eigenvalue weighted by molar-refractivity contribution is 14.0. The van der Waals surface area contributed by atoms with Crippen LogP contribution in [0.3, 0.4) is 0 Å². The summed E-state index contributed by atoms with van der Waals surface area (Å²) in [6.45, 7) is 6.35. The Kier molecular flexibility index (Phi) is 11.6. The first kappa shape index (κ1) is 23.5. The number of aliphatic imine (C=N–C) groups is 1. The summed E-state index contributed by atoms with van der Waals surface area (Å²) >= 11 is 1.67. The van der Waals surface area contributed by atoms with Gasteiger partial charge in [-0.05, 0) is 31.4 Å². The summed E-state index contributed by atoms with van der Waals surface area (Å²) in [5, 5.41) is 16.7. The van der Waals surface area contributed by atoms with Crippen molar-refractivity contribution in [2.75, 3.05) is 19.8 Å². The zero-order valence-electron chi connectivity index (χ0n) is 16.6. The fourth-order valence-electron chi connectivity index (χ4n) is 3.29. The minimum absolute atomic E-state index is 0. The molecule has 1 aromatic heterocycles. The summed E-state index contributed by atoms with van der Waals surface area (Å²) < 4.78 is 2.27. The highest BCUT2D eigenvalue weighted by Crippen LogP contribution is 2.18. The number of hydrogen-bond acceptors (Lipinski definition) is 4. The lowest BCUT2D eigenvalue weighted by molar-refractivity contribution is 0.410. The van der Waals surface area contributed by atoms with Gasteiger partial charge in [0, 0.05) is 32.6 Å². The molecule has 2 N–H and O–H groups in total. The second-order valence-electron chi connectivity index (χ2n) is 7.19. The van der Waals surface area contributed by atoms with Crippen molar-refractivity contribution in [2.45, 2.75) is 76.5 Å². The molecule has 0 aliphatic heterocycles. The van der Waals surface area contributed by atoms with Crippen LogP contribution in [0.15, 0.2) is 10.1 Å². The van der Waals surface area contributed by atoms with E-state index in [2.05, 4.69) is 50.5 Å². The zero-order chi connectivity index (χ0) is 18.1. The van der Waals surface area contributed by atoms with Crippen LogP contribution >= 0.6 is 35.7 Å². The number of halogens is 1. The van der Waals surface area contributed by atoms with Gasteiger partial charge in [0.05, 0.1) is 0 Å².